The molecule has 0 radical (unpaired) electrons. The number of nitrogens with zero attached hydrogens (tertiary/aromatic N) is 6. The average molecular weight is 325 g/mol. The summed E-state index contributed by atoms with van der Waals surface area (Å²) in [5.41, 5.74) is 3.88. The van der Waals surface area contributed by atoms with Crippen molar-refractivity contribution in [2.24, 2.45) is 5.10 Å². The molecule has 0 saturated carbocycles. The summed E-state index contributed by atoms with van der Waals surface area (Å²) in [5.74, 6) is 0. The molecule has 0 amide bonds. The van der Waals surface area contributed by atoms with Crippen LogP contribution in [0.3, 0.4) is 0 Å². The zero-order chi connectivity index (χ0) is 16.4. The number of aryl methyl sites for hydroxylation is 1. The van der Waals surface area contributed by atoms with E-state index in [-0.39, 0.29) is 0 Å². The molecule has 0 N–H and O–H groups in total. The van der Waals surface area contributed by atoms with Crippen molar-refractivity contribution in [3.8, 4) is 6.07 Å². The van der Waals surface area contributed by atoms with Gasteiger partial charge in [0.15, 0.2) is 5.65 Å². The summed E-state index contributed by atoms with van der Waals surface area (Å²) in [5, 5.41) is 19.7. The maximum atomic E-state index is 9.02. The Morgan fingerprint density at radius 1 is 1.39 bits per heavy atom. The van der Waals surface area contributed by atoms with E-state index in [1.807, 2.05) is 20.0 Å². The van der Waals surface area contributed by atoms with Crippen LogP contribution in [0.4, 0.5) is 5.69 Å². The molecule has 114 valence electrons. The normalized spacial score (nSPS) is 11.0. The van der Waals surface area contributed by atoms with E-state index in [0.717, 1.165) is 16.8 Å². The van der Waals surface area contributed by atoms with E-state index in [4.69, 9.17) is 16.9 Å². The zero-order valence-electron chi connectivity index (χ0n) is 12.6. The molecule has 2 aromatic heterocycles. The Morgan fingerprint density at radius 2 is 2.22 bits per heavy atom. The van der Waals surface area contributed by atoms with Gasteiger partial charge in [-0.25, -0.2) is 9.50 Å². The monoisotopic (exact) mass is 324 g/mol. The largest absolute Gasteiger partial charge is 0.268 e. The van der Waals surface area contributed by atoms with Crippen molar-refractivity contribution in [2.45, 2.75) is 6.92 Å². The summed E-state index contributed by atoms with van der Waals surface area (Å²) in [6, 6.07) is 9.29. The molecule has 0 aliphatic carbocycles. The number of nitriles is 1. The van der Waals surface area contributed by atoms with Crippen molar-refractivity contribution in [3.05, 3.63) is 58.5 Å². The Hall–Kier alpha value is -2.91. The highest BCUT2D eigenvalue weighted by Crippen LogP contribution is 2.20. The van der Waals surface area contributed by atoms with E-state index >= 15 is 0 Å². The molecule has 0 atom stereocenters. The topological polar surface area (TPSA) is 69.6 Å². The van der Waals surface area contributed by atoms with E-state index in [2.05, 4.69) is 21.3 Å². The third-order valence-electron chi connectivity index (χ3n) is 3.42. The van der Waals surface area contributed by atoms with Crippen molar-refractivity contribution in [1.29, 1.82) is 5.26 Å². The van der Waals surface area contributed by atoms with E-state index < -0.39 is 0 Å². The molecule has 6 nitrogen and oxygen atoms in total. The van der Waals surface area contributed by atoms with Crippen LogP contribution in [0.2, 0.25) is 5.15 Å². The van der Waals surface area contributed by atoms with Gasteiger partial charge in [0.1, 0.15) is 5.15 Å². The summed E-state index contributed by atoms with van der Waals surface area (Å²) >= 11 is 5.92. The fraction of sp³-hybridized carbons (Fsp3) is 0.125. The second-order valence-corrected chi connectivity index (χ2v) is 5.39. The number of halogens is 1. The van der Waals surface area contributed by atoms with Gasteiger partial charge in [0, 0.05) is 13.2 Å². The summed E-state index contributed by atoms with van der Waals surface area (Å²) in [4.78, 5) is 4.24. The third kappa shape index (κ3) is 3.00. The van der Waals surface area contributed by atoms with Gasteiger partial charge in [-0.2, -0.15) is 15.5 Å². The van der Waals surface area contributed by atoms with Gasteiger partial charge in [0.05, 0.1) is 35.3 Å². The fourth-order valence-corrected chi connectivity index (χ4v) is 2.33. The van der Waals surface area contributed by atoms with Gasteiger partial charge in [-0.05, 0) is 30.7 Å². The molecule has 0 fully saturated rings. The molecular weight excluding hydrogens is 312 g/mol. The lowest BCUT2D eigenvalue weighted by molar-refractivity contribution is 0.939. The Labute approximate surface area is 138 Å². The van der Waals surface area contributed by atoms with Crippen LogP contribution in [-0.2, 0) is 0 Å². The highest BCUT2D eigenvalue weighted by Gasteiger charge is 2.07. The minimum absolute atomic E-state index is 0.401. The number of aromatic nitrogens is 3. The second kappa shape index (κ2) is 6.07. The van der Waals surface area contributed by atoms with E-state index in [1.165, 1.54) is 0 Å². The molecule has 0 unspecified atom stereocenters. The van der Waals surface area contributed by atoms with Gasteiger partial charge >= 0.3 is 0 Å². The molecule has 0 spiro atoms. The molecule has 0 aliphatic rings. The van der Waals surface area contributed by atoms with E-state index in [1.54, 1.807) is 46.3 Å². The highest BCUT2D eigenvalue weighted by atomic mass is 35.5. The predicted molar refractivity (Wildman–Crippen MR) is 89.9 cm³/mol. The van der Waals surface area contributed by atoms with Crippen LogP contribution in [-0.4, -0.2) is 27.9 Å². The number of hydrogen-bond donors (Lipinski definition) is 0. The lowest BCUT2D eigenvalue weighted by atomic mass is 10.1. The maximum Gasteiger partial charge on any atom is 0.165 e. The van der Waals surface area contributed by atoms with Gasteiger partial charge in [0.2, 0.25) is 0 Å². The van der Waals surface area contributed by atoms with E-state index in [9.17, 15) is 0 Å². The van der Waals surface area contributed by atoms with Crippen molar-refractivity contribution < 1.29 is 0 Å². The van der Waals surface area contributed by atoms with Crippen LogP contribution in [0.25, 0.3) is 5.65 Å². The molecule has 3 rings (SSSR count). The van der Waals surface area contributed by atoms with Gasteiger partial charge in [-0.1, -0.05) is 17.7 Å². The second-order valence-electron chi connectivity index (χ2n) is 5.00. The number of rotatable bonds is 3. The van der Waals surface area contributed by atoms with Crippen molar-refractivity contribution in [3.63, 3.8) is 0 Å². The maximum absolute atomic E-state index is 9.02. The fourth-order valence-electron chi connectivity index (χ4n) is 2.19. The Balaban J connectivity index is 1.92. The summed E-state index contributed by atoms with van der Waals surface area (Å²) in [6.45, 7) is 1.97. The summed E-state index contributed by atoms with van der Waals surface area (Å²) in [6.07, 6.45) is 5.09. The Kier molecular flexibility index (Phi) is 3.96. The zero-order valence-corrected chi connectivity index (χ0v) is 13.4. The first-order chi connectivity index (χ1) is 11.1. The number of benzene rings is 1. The number of fused-ring (bicyclic) bond motifs is 1. The smallest absolute Gasteiger partial charge is 0.165 e. The van der Waals surface area contributed by atoms with Crippen LogP contribution in [0.15, 0.2) is 41.8 Å². The first kappa shape index (κ1) is 15.0. The molecule has 0 saturated heterocycles. The van der Waals surface area contributed by atoms with Crippen LogP contribution in [0.5, 0.6) is 0 Å². The number of hydrogen-bond acceptors (Lipinski definition) is 5. The average Bonchev–Trinajstić information content (AvgIpc) is 2.95. The summed E-state index contributed by atoms with van der Waals surface area (Å²) < 4.78 is 1.63. The molecule has 2 heterocycles. The predicted octanol–water partition coefficient (Wildman–Crippen LogP) is 3.03. The minimum atomic E-state index is 0.401. The Bertz CT molecular complexity index is 937. The standard InChI is InChI=1S/C16H13ClN6/c1-11-3-4-12(8-18)7-14(11)22(2)19-9-13-10-20-23-6-5-15(17)21-16(13)23/h3-7,9-10H,1-2H3/b19-9+. The molecule has 3 aromatic rings. The summed E-state index contributed by atoms with van der Waals surface area (Å²) in [7, 11) is 1.83. The minimum Gasteiger partial charge on any atom is -0.268 e. The Morgan fingerprint density at radius 3 is 3.00 bits per heavy atom. The molecule has 23 heavy (non-hydrogen) atoms. The third-order valence-corrected chi connectivity index (χ3v) is 3.63. The first-order valence-electron chi connectivity index (χ1n) is 6.87. The van der Waals surface area contributed by atoms with Crippen LogP contribution in [0, 0.1) is 18.3 Å². The van der Waals surface area contributed by atoms with Gasteiger partial charge in [0.25, 0.3) is 0 Å². The lowest BCUT2D eigenvalue weighted by Gasteiger charge is -2.15. The van der Waals surface area contributed by atoms with Crippen molar-refractivity contribution in [1.82, 2.24) is 14.6 Å². The molecular formula is C16H13ClN6. The SMILES string of the molecule is Cc1ccc(C#N)cc1N(C)/N=C/c1cnn2ccc(Cl)nc12. The van der Waals surface area contributed by atoms with Gasteiger partial charge in [-0.3, -0.25) is 5.01 Å². The van der Waals surface area contributed by atoms with Crippen LogP contribution >= 0.6 is 11.6 Å². The molecule has 0 bridgehead atoms. The molecule has 0 aliphatic heterocycles. The quantitative estimate of drug-likeness (QED) is 0.422. The van der Waals surface area contributed by atoms with Crippen LogP contribution in [0.1, 0.15) is 16.7 Å². The highest BCUT2D eigenvalue weighted by molar-refractivity contribution is 6.29. The molecule has 1 aromatic carbocycles. The van der Waals surface area contributed by atoms with Crippen molar-refractivity contribution in [2.75, 3.05) is 12.1 Å². The van der Waals surface area contributed by atoms with Crippen LogP contribution < -0.4 is 5.01 Å². The lowest BCUT2D eigenvalue weighted by Crippen LogP contribution is -2.10. The van der Waals surface area contributed by atoms with Crippen molar-refractivity contribution >= 4 is 29.2 Å². The molecule has 7 heteroatoms. The van der Waals surface area contributed by atoms with E-state index in [0.29, 0.717) is 16.4 Å². The number of anilines is 1. The first-order valence-corrected chi connectivity index (χ1v) is 7.24. The van der Waals surface area contributed by atoms with Gasteiger partial charge in [-0.15, -0.1) is 0 Å². The van der Waals surface area contributed by atoms with Gasteiger partial charge < -0.3 is 0 Å². The number of hydrazone groups is 1.